The number of carbonyl (C=O) groups is 2. The predicted molar refractivity (Wildman–Crippen MR) is 114 cm³/mol. The highest BCUT2D eigenvalue weighted by molar-refractivity contribution is 6.36. The van der Waals surface area contributed by atoms with E-state index in [0.717, 1.165) is 16.9 Å². The third-order valence-electron chi connectivity index (χ3n) is 5.20. The first-order valence-corrected chi connectivity index (χ1v) is 10.2. The standard InChI is InChI=1S/C21H20Cl2N4O2/c1-13-25-17-4-2-3-5-18(17)26(13)11-9-24-20(28)15-8-10-27(21(15)29)19-12-14(22)6-7-16(19)23/h2-7,12,15H,8-11H2,1H3,(H,24,28). The first-order valence-electron chi connectivity index (χ1n) is 9.41. The van der Waals surface area contributed by atoms with Gasteiger partial charge in [0.1, 0.15) is 11.7 Å². The fourth-order valence-corrected chi connectivity index (χ4v) is 4.13. The van der Waals surface area contributed by atoms with Gasteiger partial charge in [0.25, 0.3) is 0 Å². The number of imidazole rings is 1. The van der Waals surface area contributed by atoms with Crippen molar-refractivity contribution in [2.24, 2.45) is 5.92 Å². The Morgan fingerprint density at radius 2 is 2.03 bits per heavy atom. The summed E-state index contributed by atoms with van der Waals surface area (Å²) in [7, 11) is 0. The maximum atomic E-state index is 12.8. The van der Waals surface area contributed by atoms with E-state index in [0.29, 0.717) is 41.8 Å². The second-order valence-corrected chi connectivity index (χ2v) is 7.86. The Bertz CT molecular complexity index is 1100. The zero-order valence-electron chi connectivity index (χ0n) is 15.9. The van der Waals surface area contributed by atoms with Gasteiger partial charge in [-0.1, -0.05) is 35.3 Å². The van der Waals surface area contributed by atoms with E-state index in [9.17, 15) is 9.59 Å². The molecule has 2 aromatic carbocycles. The van der Waals surface area contributed by atoms with Crippen LogP contribution in [0.5, 0.6) is 0 Å². The molecule has 0 saturated carbocycles. The summed E-state index contributed by atoms with van der Waals surface area (Å²) in [6, 6.07) is 12.8. The van der Waals surface area contributed by atoms with E-state index in [1.165, 1.54) is 4.90 Å². The van der Waals surface area contributed by atoms with Gasteiger partial charge in [-0.2, -0.15) is 0 Å². The van der Waals surface area contributed by atoms with Crippen LogP contribution in [-0.4, -0.2) is 34.5 Å². The van der Waals surface area contributed by atoms with Gasteiger partial charge >= 0.3 is 0 Å². The minimum Gasteiger partial charge on any atom is -0.354 e. The van der Waals surface area contributed by atoms with E-state index in [4.69, 9.17) is 23.2 Å². The van der Waals surface area contributed by atoms with Crippen molar-refractivity contribution in [2.45, 2.75) is 19.9 Å². The van der Waals surface area contributed by atoms with Crippen LogP contribution in [0.25, 0.3) is 11.0 Å². The highest BCUT2D eigenvalue weighted by atomic mass is 35.5. The minimum absolute atomic E-state index is 0.254. The number of anilines is 1. The molecule has 0 aliphatic carbocycles. The maximum Gasteiger partial charge on any atom is 0.239 e. The zero-order valence-corrected chi connectivity index (χ0v) is 17.4. The molecule has 150 valence electrons. The van der Waals surface area contributed by atoms with Gasteiger partial charge in [-0.05, 0) is 43.7 Å². The predicted octanol–water partition coefficient (Wildman–Crippen LogP) is 3.82. The highest BCUT2D eigenvalue weighted by Crippen LogP contribution is 2.33. The number of hydrogen-bond donors (Lipinski definition) is 1. The molecule has 6 nitrogen and oxygen atoms in total. The van der Waals surface area contributed by atoms with Crippen molar-refractivity contribution in [3.8, 4) is 0 Å². The number of benzene rings is 2. The van der Waals surface area contributed by atoms with Gasteiger partial charge in [-0.15, -0.1) is 0 Å². The molecule has 2 amide bonds. The van der Waals surface area contributed by atoms with Crippen molar-refractivity contribution < 1.29 is 9.59 Å². The van der Waals surface area contributed by atoms with Crippen LogP contribution in [0.2, 0.25) is 10.0 Å². The lowest BCUT2D eigenvalue weighted by molar-refractivity contribution is -0.132. The summed E-state index contributed by atoms with van der Waals surface area (Å²) in [6.45, 7) is 3.38. The van der Waals surface area contributed by atoms with Gasteiger partial charge in [-0.25, -0.2) is 4.98 Å². The zero-order chi connectivity index (χ0) is 20.5. The monoisotopic (exact) mass is 430 g/mol. The minimum atomic E-state index is -0.717. The highest BCUT2D eigenvalue weighted by Gasteiger charge is 2.38. The van der Waals surface area contributed by atoms with Gasteiger partial charge in [-0.3, -0.25) is 9.59 Å². The number of nitrogens with one attached hydrogen (secondary N) is 1. The fraction of sp³-hybridized carbons (Fsp3) is 0.286. The molecule has 0 spiro atoms. The molecule has 1 aliphatic rings. The second kappa shape index (κ2) is 8.05. The number of para-hydroxylation sites is 2. The number of hydrogen-bond acceptors (Lipinski definition) is 3. The summed E-state index contributed by atoms with van der Waals surface area (Å²) in [5.74, 6) is -0.349. The summed E-state index contributed by atoms with van der Waals surface area (Å²) >= 11 is 12.2. The lowest BCUT2D eigenvalue weighted by Gasteiger charge is -2.18. The largest absolute Gasteiger partial charge is 0.354 e. The lowest BCUT2D eigenvalue weighted by Crippen LogP contribution is -2.38. The molecule has 1 N–H and O–H groups in total. The molecular formula is C21H20Cl2N4O2. The lowest BCUT2D eigenvalue weighted by atomic mass is 10.1. The number of aromatic nitrogens is 2. The van der Waals surface area contributed by atoms with Crippen LogP contribution in [0.1, 0.15) is 12.2 Å². The molecular weight excluding hydrogens is 411 g/mol. The van der Waals surface area contributed by atoms with Crippen LogP contribution >= 0.6 is 23.2 Å². The third-order valence-corrected chi connectivity index (χ3v) is 5.76. The van der Waals surface area contributed by atoms with Crippen molar-refractivity contribution in [1.82, 2.24) is 14.9 Å². The van der Waals surface area contributed by atoms with Crippen molar-refractivity contribution in [3.63, 3.8) is 0 Å². The summed E-state index contributed by atoms with van der Waals surface area (Å²) in [6.07, 6.45) is 0.445. The molecule has 1 fully saturated rings. The molecule has 2 heterocycles. The van der Waals surface area contributed by atoms with E-state index in [-0.39, 0.29) is 11.8 Å². The number of nitrogens with zero attached hydrogens (tertiary/aromatic N) is 3. The van der Waals surface area contributed by atoms with Crippen LogP contribution in [0.4, 0.5) is 5.69 Å². The molecule has 0 radical (unpaired) electrons. The van der Waals surface area contributed by atoms with Gasteiger partial charge in [0, 0.05) is 24.7 Å². The molecule has 0 bridgehead atoms. The molecule has 1 aliphatic heterocycles. The Kier molecular flexibility index (Phi) is 5.48. The Balaban J connectivity index is 1.40. The summed E-state index contributed by atoms with van der Waals surface area (Å²) in [5, 5.41) is 3.82. The Morgan fingerprint density at radius 1 is 1.24 bits per heavy atom. The van der Waals surface area contributed by atoms with E-state index in [2.05, 4.69) is 14.9 Å². The Morgan fingerprint density at radius 3 is 2.86 bits per heavy atom. The van der Waals surface area contributed by atoms with Gasteiger partial charge in [0.05, 0.1) is 21.7 Å². The van der Waals surface area contributed by atoms with Crippen LogP contribution in [-0.2, 0) is 16.1 Å². The van der Waals surface area contributed by atoms with Crippen molar-refractivity contribution in [3.05, 3.63) is 58.3 Å². The number of aryl methyl sites for hydroxylation is 1. The van der Waals surface area contributed by atoms with E-state index in [1.807, 2.05) is 31.2 Å². The first-order chi connectivity index (χ1) is 14.0. The maximum absolute atomic E-state index is 12.8. The van der Waals surface area contributed by atoms with Crippen molar-refractivity contribution >= 4 is 51.7 Å². The Hall–Kier alpha value is -2.57. The summed E-state index contributed by atoms with van der Waals surface area (Å²) < 4.78 is 2.06. The van der Waals surface area contributed by atoms with Crippen LogP contribution < -0.4 is 10.2 Å². The molecule has 1 saturated heterocycles. The normalized spacial score (nSPS) is 16.6. The number of halogens is 2. The molecule has 8 heteroatoms. The molecule has 4 rings (SSSR count). The van der Waals surface area contributed by atoms with E-state index >= 15 is 0 Å². The average molecular weight is 431 g/mol. The summed E-state index contributed by atoms with van der Waals surface area (Å²) in [4.78, 5) is 31.5. The van der Waals surface area contributed by atoms with Crippen LogP contribution in [0, 0.1) is 12.8 Å². The third kappa shape index (κ3) is 3.82. The van der Waals surface area contributed by atoms with Crippen molar-refractivity contribution in [1.29, 1.82) is 0 Å². The van der Waals surface area contributed by atoms with Crippen LogP contribution in [0.3, 0.4) is 0 Å². The number of rotatable bonds is 5. The average Bonchev–Trinajstić information content (AvgIpc) is 3.23. The molecule has 1 aromatic heterocycles. The number of fused-ring (bicyclic) bond motifs is 1. The number of amides is 2. The van der Waals surface area contributed by atoms with Crippen molar-refractivity contribution in [2.75, 3.05) is 18.0 Å². The fourth-order valence-electron chi connectivity index (χ4n) is 3.75. The van der Waals surface area contributed by atoms with E-state index in [1.54, 1.807) is 18.2 Å². The molecule has 1 atom stereocenters. The quantitative estimate of drug-likeness (QED) is 0.625. The molecule has 3 aromatic rings. The van der Waals surface area contributed by atoms with Gasteiger partial charge in [0.2, 0.25) is 11.8 Å². The first kappa shape index (κ1) is 19.7. The van der Waals surface area contributed by atoms with Gasteiger partial charge in [0.15, 0.2) is 0 Å². The molecule has 1 unspecified atom stereocenters. The number of carbonyl (C=O) groups excluding carboxylic acids is 2. The smallest absolute Gasteiger partial charge is 0.239 e. The SMILES string of the molecule is Cc1nc2ccccc2n1CCNC(=O)C1CCN(c2cc(Cl)ccc2Cl)C1=O. The molecule has 29 heavy (non-hydrogen) atoms. The van der Waals surface area contributed by atoms with E-state index < -0.39 is 5.92 Å². The van der Waals surface area contributed by atoms with Crippen LogP contribution in [0.15, 0.2) is 42.5 Å². The second-order valence-electron chi connectivity index (χ2n) is 7.02. The topological polar surface area (TPSA) is 67.2 Å². The Labute approximate surface area is 178 Å². The summed E-state index contributed by atoms with van der Waals surface area (Å²) in [5.41, 5.74) is 2.49. The van der Waals surface area contributed by atoms with Gasteiger partial charge < -0.3 is 14.8 Å².